The highest BCUT2D eigenvalue weighted by molar-refractivity contribution is 6.17. The van der Waals surface area contributed by atoms with Gasteiger partial charge in [-0.05, 0) is 63.2 Å². The second-order valence-corrected chi connectivity index (χ2v) is 8.57. The molecule has 1 spiro atoms. The van der Waals surface area contributed by atoms with Crippen molar-refractivity contribution >= 4 is 11.6 Å². The molecule has 0 aromatic carbocycles. The zero-order valence-corrected chi connectivity index (χ0v) is 14.5. The minimum Gasteiger partial charge on any atom is -0.504 e. The molecule has 1 N–H and O–H groups in total. The number of allylic oxidation sites excluding steroid dienone is 4. The minimum atomic E-state index is -0.717. The molecule has 4 rings (SSSR count). The molecule has 23 heavy (non-hydrogen) atoms. The van der Waals surface area contributed by atoms with Crippen molar-refractivity contribution in [1.82, 2.24) is 0 Å². The third-order valence-electron chi connectivity index (χ3n) is 7.71. The van der Waals surface area contributed by atoms with Crippen LogP contribution in [0, 0.1) is 34.5 Å². The lowest BCUT2D eigenvalue weighted by atomic mass is 9.38. The topological polar surface area (TPSA) is 54.4 Å². The van der Waals surface area contributed by atoms with Crippen LogP contribution in [-0.4, -0.2) is 16.7 Å². The minimum absolute atomic E-state index is 0.0595. The molecule has 0 aliphatic heterocycles. The average molecular weight is 314 g/mol. The summed E-state index contributed by atoms with van der Waals surface area (Å²) in [6.07, 6.45) is 5.90. The van der Waals surface area contributed by atoms with Gasteiger partial charge in [0.2, 0.25) is 5.78 Å². The van der Waals surface area contributed by atoms with Gasteiger partial charge in [0.25, 0.3) is 0 Å². The van der Waals surface area contributed by atoms with E-state index in [0.717, 1.165) is 19.3 Å². The van der Waals surface area contributed by atoms with Crippen LogP contribution in [0.2, 0.25) is 0 Å². The molecule has 0 aromatic heterocycles. The molecule has 2 fully saturated rings. The Labute approximate surface area is 137 Å². The number of aliphatic hydroxyl groups is 1. The average Bonchev–Trinajstić information content (AvgIpc) is 2.79. The molecule has 0 heterocycles. The molecule has 3 heteroatoms. The smallest absolute Gasteiger partial charge is 0.205 e. The summed E-state index contributed by atoms with van der Waals surface area (Å²) >= 11 is 0. The fraction of sp³-hybridized carbons (Fsp3) is 0.700. The molecule has 124 valence electrons. The highest BCUT2D eigenvalue weighted by atomic mass is 16.3. The first-order chi connectivity index (χ1) is 10.8. The van der Waals surface area contributed by atoms with Crippen molar-refractivity contribution < 1.29 is 14.7 Å². The molecule has 6 unspecified atom stereocenters. The van der Waals surface area contributed by atoms with Crippen molar-refractivity contribution in [3.63, 3.8) is 0 Å². The van der Waals surface area contributed by atoms with Gasteiger partial charge >= 0.3 is 0 Å². The quantitative estimate of drug-likeness (QED) is 0.688. The van der Waals surface area contributed by atoms with Crippen LogP contribution in [0.15, 0.2) is 23.0 Å². The Morgan fingerprint density at radius 2 is 1.83 bits per heavy atom. The lowest BCUT2D eigenvalue weighted by Crippen LogP contribution is -2.66. The van der Waals surface area contributed by atoms with Gasteiger partial charge in [-0.3, -0.25) is 9.59 Å². The Bertz CT molecular complexity index is 685. The highest BCUT2D eigenvalue weighted by Crippen LogP contribution is 2.73. The summed E-state index contributed by atoms with van der Waals surface area (Å²) in [5.74, 6) is 0.662. The predicted octanol–water partition coefficient (Wildman–Crippen LogP) is 4.00. The zero-order valence-electron chi connectivity index (χ0n) is 14.5. The third kappa shape index (κ3) is 1.39. The molecule has 0 bridgehead atoms. The van der Waals surface area contributed by atoms with Crippen LogP contribution in [0.4, 0.5) is 0 Å². The van der Waals surface area contributed by atoms with Gasteiger partial charge in [0, 0.05) is 5.57 Å². The monoisotopic (exact) mass is 314 g/mol. The van der Waals surface area contributed by atoms with Crippen LogP contribution < -0.4 is 0 Å². The van der Waals surface area contributed by atoms with E-state index in [-0.39, 0.29) is 35.1 Å². The van der Waals surface area contributed by atoms with Gasteiger partial charge in [-0.1, -0.05) is 25.5 Å². The van der Waals surface area contributed by atoms with E-state index in [4.69, 9.17) is 0 Å². The lowest BCUT2D eigenvalue weighted by molar-refractivity contribution is -0.174. The zero-order chi connectivity index (χ0) is 16.7. The largest absolute Gasteiger partial charge is 0.504 e. The summed E-state index contributed by atoms with van der Waals surface area (Å²) < 4.78 is 0. The summed E-state index contributed by atoms with van der Waals surface area (Å²) in [6.45, 7) is 8.09. The van der Waals surface area contributed by atoms with E-state index in [9.17, 15) is 14.7 Å². The normalized spacial score (nSPS) is 49.0. The maximum absolute atomic E-state index is 13.5. The Hall–Kier alpha value is -1.38. The maximum atomic E-state index is 13.5. The van der Waals surface area contributed by atoms with E-state index in [1.54, 1.807) is 6.92 Å². The van der Waals surface area contributed by atoms with Gasteiger partial charge in [-0.25, -0.2) is 0 Å². The molecule has 6 atom stereocenters. The lowest BCUT2D eigenvalue weighted by Gasteiger charge is -2.62. The molecule has 0 saturated heterocycles. The highest BCUT2D eigenvalue weighted by Gasteiger charge is 2.76. The molecule has 4 aliphatic carbocycles. The number of carbonyl (C=O) groups excluding carboxylic acids is 2. The van der Waals surface area contributed by atoms with Crippen molar-refractivity contribution in [2.75, 3.05) is 0 Å². The van der Waals surface area contributed by atoms with E-state index in [1.165, 1.54) is 5.57 Å². The predicted molar refractivity (Wildman–Crippen MR) is 87.7 cm³/mol. The Balaban J connectivity index is 2.10. The Morgan fingerprint density at radius 3 is 2.52 bits per heavy atom. The third-order valence-corrected chi connectivity index (χ3v) is 7.71. The first-order valence-corrected chi connectivity index (χ1v) is 8.95. The number of ketones is 2. The summed E-state index contributed by atoms with van der Waals surface area (Å²) in [6, 6.07) is 0. The molecule has 3 nitrogen and oxygen atoms in total. The van der Waals surface area contributed by atoms with Crippen molar-refractivity contribution in [3.05, 3.63) is 23.0 Å². The van der Waals surface area contributed by atoms with Crippen LogP contribution in [0.5, 0.6) is 0 Å². The van der Waals surface area contributed by atoms with Crippen LogP contribution >= 0.6 is 0 Å². The van der Waals surface area contributed by atoms with Crippen LogP contribution in [0.3, 0.4) is 0 Å². The number of carbonyl (C=O) groups is 2. The van der Waals surface area contributed by atoms with Crippen molar-refractivity contribution in [2.45, 2.75) is 53.4 Å². The number of hydrogen-bond donors (Lipinski definition) is 1. The van der Waals surface area contributed by atoms with Crippen molar-refractivity contribution in [2.24, 2.45) is 34.5 Å². The van der Waals surface area contributed by atoms with Gasteiger partial charge in [-0.15, -0.1) is 0 Å². The molecule has 0 radical (unpaired) electrons. The second-order valence-electron chi connectivity index (χ2n) is 8.57. The maximum Gasteiger partial charge on any atom is 0.205 e. The van der Waals surface area contributed by atoms with Crippen molar-refractivity contribution in [3.8, 4) is 0 Å². The number of Topliss-reactive ketones (excluding diaryl/α,β-unsaturated/α-hetero) is 2. The second kappa shape index (κ2) is 4.37. The fourth-order valence-corrected chi connectivity index (χ4v) is 6.92. The summed E-state index contributed by atoms with van der Waals surface area (Å²) in [7, 11) is 0. The van der Waals surface area contributed by atoms with E-state index >= 15 is 0 Å². The molecular weight excluding hydrogens is 288 g/mol. The van der Waals surface area contributed by atoms with Crippen LogP contribution in [0.1, 0.15) is 53.4 Å². The number of aliphatic hydroxyl groups excluding tert-OH is 1. The van der Waals surface area contributed by atoms with E-state index in [0.29, 0.717) is 17.9 Å². The molecule has 4 aliphatic rings. The Morgan fingerprint density at radius 1 is 1.13 bits per heavy atom. The first kappa shape index (κ1) is 15.2. The van der Waals surface area contributed by atoms with Crippen LogP contribution in [-0.2, 0) is 9.59 Å². The van der Waals surface area contributed by atoms with Gasteiger partial charge in [-0.2, -0.15) is 0 Å². The fourth-order valence-electron chi connectivity index (χ4n) is 6.92. The first-order valence-electron chi connectivity index (χ1n) is 8.95. The van der Waals surface area contributed by atoms with Crippen molar-refractivity contribution in [1.29, 1.82) is 0 Å². The molecule has 0 aromatic rings. The standard InChI is InChI=1S/C20H26O3/c1-10-7-14-8-11(2)15-6-5-12(3)19(9-10)18(23)16(21)13(4)17(22)20(14,15)19/h7,11-12,14-15,21H,5-6,8-9H2,1-4H3. The SMILES string of the molecule is CC1=CC2CC(C)C3CCC(C)C4(C1)C(=O)C(O)=C(C)C(=O)C234. The van der Waals surface area contributed by atoms with Gasteiger partial charge in [0.05, 0.1) is 10.8 Å². The number of hydrogen-bond acceptors (Lipinski definition) is 3. The van der Waals surface area contributed by atoms with E-state index in [1.807, 2.05) is 0 Å². The summed E-state index contributed by atoms with van der Waals surface area (Å²) in [4.78, 5) is 26.9. The van der Waals surface area contributed by atoms with E-state index < -0.39 is 10.8 Å². The molecular formula is C20H26O3. The van der Waals surface area contributed by atoms with Gasteiger partial charge in [0.15, 0.2) is 11.5 Å². The van der Waals surface area contributed by atoms with Crippen LogP contribution in [0.25, 0.3) is 0 Å². The molecule has 0 amide bonds. The van der Waals surface area contributed by atoms with Gasteiger partial charge in [0.1, 0.15) is 0 Å². The summed E-state index contributed by atoms with van der Waals surface area (Å²) in [5, 5.41) is 10.4. The van der Waals surface area contributed by atoms with Gasteiger partial charge < -0.3 is 5.11 Å². The summed E-state index contributed by atoms with van der Waals surface area (Å²) in [5.41, 5.74) is 0.194. The Kier molecular flexibility index (Phi) is 2.88. The number of rotatable bonds is 0. The molecule has 2 saturated carbocycles. The van der Waals surface area contributed by atoms with E-state index in [2.05, 4.69) is 26.8 Å².